The van der Waals surface area contributed by atoms with Gasteiger partial charge in [-0.15, -0.1) is 11.3 Å². The predicted molar refractivity (Wildman–Crippen MR) is 88.5 cm³/mol. The standard InChI is InChI=1S/C17H25N3S/c1-13(2)17(16-8-5-11-21-16)18-12-14-9-10-20(19-14)15-6-3-4-7-15/h5,8-11,13,15,17-18H,3-4,6-7,12H2,1-2H3. The highest BCUT2D eigenvalue weighted by Gasteiger charge is 2.19. The molecule has 0 spiro atoms. The second-order valence-corrected chi connectivity index (χ2v) is 7.32. The zero-order chi connectivity index (χ0) is 14.7. The molecular weight excluding hydrogens is 278 g/mol. The van der Waals surface area contributed by atoms with Gasteiger partial charge in [0.2, 0.25) is 0 Å². The zero-order valence-electron chi connectivity index (χ0n) is 13.0. The smallest absolute Gasteiger partial charge is 0.0762 e. The summed E-state index contributed by atoms with van der Waals surface area (Å²) in [6.45, 7) is 5.39. The lowest BCUT2D eigenvalue weighted by Gasteiger charge is -2.20. The third kappa shape index (κ3) is 3.55. The number of hydrogen-bond acceptors (Lipinski definition) is 3. The van der Waals surface area contributed by atoms with Crippen LogP contribution in [0, 0.1) is 5.92 Å². The van der Waals surface area contributed by atoms with Gasteiger partial charge in [-0.25, -0.2) is 0 Å². The minimum absolute atomic E-state index is 0.418. The molecule has 0 saturated heterocycles. The molecule has 1 aliphatic rings. The lowest BCUT2D eigenvalue weighted by molar-refractivity contribution is 0.408. The van der Waals surface area contributed by atoms with Crippen molar-refractivity contribution in [3.05, 3.63) is 40.3 Å². The molecule has 4 heteroatoms. The van der Waals surface area contributed by atoms with Crippen LogP contribution in [-0.4, -0.2) is 9.78 Å². The van der Waals surface area contributed by atoms with Crippen molar-refractivity contribution in [3.8, 4) is 0 Å². The molecule has 2 aromatic rings. The molecule has 21 heavy (non-hydrogen) atoms. The Hall–Kier alpha value is -1.13. The van der Waals surface area contributed by atoms with Crippen LogP contribution in [0.1, 0.15) is 62.2 Å². The topological polar surface area (TPSA) is 29.9 Å². The highest BCUT2D eigenvalue weighted by atomic mass is 32.1. The third-order valence-corrected chi connectivity index (χ3v) is 5.34. The Labute approximate surface area is 131 Å². The Bertz CT molecular complexity index is 538. The first-order chi connectivity index (χ1) is 10.2. The fourth-order valence-electron chi connectivity index (χ4n) is 3.19. The third-order valence-electron chi connectivity index (χ3n) is 4.38. The van der Waals surface area contributed by atoms with Crippen molar-refractivity contribution in [2.45, 2.75) is 58.2 Å². The van der Waals surface area contributed by atoms with E-state index in [2.05, 4.69) is 53.6 Å². The van der Waals surface area contributed by atoms with Crippen LogP contribution >= 0.6 is 11.3 Å². The molecule has 0 amide bonds. The van der Waals surface area contributed by atoms with Crippen LogP contribution in [0.2, 0.25) is 0 Å². The lowest BCUT2D eigenvalue weighted by Crippen LogP contribution is -2.24. The Morgan fingerprint density at radius 3 is 2.81 bits per heavy atom. The summed E-state index contributed by atoms with van der Waals surface area (Å²) in [5, 5.41) is 10.6. The van der Waals surface area contributed by atoms with Crippen molar-refractivity contribution >= 4 is 11.3 Å². The molecule has 3 rings (SSSR count). The summed E-state index contributed by atoms with van der Waals surface area (Å²) in [6, 6.07) is 7.57. The monoisotopic (exact) mass is 303 g/mol. The Kier molecular flexibility index (Phi) is 4.76. The van der Waals surface area contributed by atoms with E-state index in [1.54, 1.807) is 0 Å². The van der Waals surface area contributed by atoms with E-state index in [-0.39, 0.29) is 0 Å². The maximum Gasteiger partial charge on any atom is 0.0762 e. The summed E-state index contributed by atoms with van der Waals surface area (Å²) in [5.41, 5.74) is 1.16. The van der Waals surface area contributed by atoms with Gasteiger partial charge in [0, 0.05) is 23.7 Å². The molecule has 2 heterocycles. The highest BCUT2D eigenvalue weighted by Crippen LogP contribution is 2.29. The van der Waals surface area contributed by atoms with Crippen molar-refractivity contribution in [1.82, 2.24) is 15.1 Å². The van der Waals surface area contributed by atoms with Crippen molar-refractivity contribution < 1.29 is 0 Å². The Morgan fingerprint density at radius 1 is 1.33 bits per heavy atom. The molecule has 1 saturated carbocycles. The molecule has 3 nitrogen and oxygen atoms in total. The number of hydrogen-bond donors (Lipinski definition) is 1. The van der Waals surface area contributed by atoms with Crippen LogP contribution in [0.15, 0.2) is 29.8 Å². The SMILES string of the molecule is CC(C)C(NCc1ccn(C2CCCC2)n1)c1cccs1. The predicted octanol–water partition coefficient (Wildman–Crippen LogP) is 4.55. The minimum Gasteiger partial charge on any atom is -0.303 e. The van der Waals surface area contributed by atoms with Crippen LogP contribution in [-0.2, 0) is 6.54 Å². The van der Waals surface area contributed by atoms with Crippen molar-refractivity contribution in [2.24, 2.45) is 5.92 Å². The van der Waals surface area contributed by atoms with Gasteiger partial charge >= 0.3 is 0 Å². The molecule has 2 aromatic heterocycles. The molecule has 1 unspecified atom stereocenters. The van der Waals surface area contributed by atoms with Crippen molar-refractivity contribution in [3.63, 3.8) is 0 Å². The van der Waals surface area contributed by atoms with E-state index in [0.29, 0.717) is 18.0 Å². The summed E-state index contributed by atoms with van der Waals surface area (Å²) in [4.78, 5) is 1.42. The van der Waals surface area contributed by atoms with E-state index in [1.165, 1.54) is 30.6 Å². The average Bonchev–Trinajstić information content (AvgIpc) is 3.21. The average molecular weight is 303 g/mol. The number of rotatable bonds is 6. The van der Waals surface area contributed by atoms with Gasteiger partial charge < -0.3 is 5.32 Å². The summed E-state index contributed by atoms with van der Waals surface area (Å²) < 4.78 is 2.18. The first kappa shape index (κ1) is 14.8. The van der Waals surface area contributed by atoms with Gasteiger partial charge in [0.1, 0.15) is 0 Å². The molecule has 114 valence electrons. The number of thiophene rings is 1. The van der Waals surface area contributed by atoms with Crippen LogP contribution in [0.4, 0.5) is 0 Å². The van der Waals surface area contributed by atoms with E-state index in [9.17, 15) is 0 Å². The van der Waals surface area contributed by atoms with Gasteiger partial charge in [-0.05, 0) is 36.3 Å². The van der Waals surface area contributed by atoms with Crippen molar-refractivity contribution in [1.29, 1.82) is 0 Å². The zero-order valence-corrected chi connectivity index (χ0v) is 13.8. The van der Waals surface area contributed by atoms with Crippen LogP contribution in [0.5, 0.6) is 0 Å². The summed E-state index contributed by atoms with van der Waals surface area (Å²) in [5.74, 6) is 0.584. The van der Waals surface area contributed by atoms with Crippen LogP contribution < -0.4 is 5.32 Å². The maximum atomic E-state index is 4.76. The molecular formula is C17H25N3S. The second-order valence-electron chi connectivity index (χ2n) is 6.34. The summed E-state index contributed by atoms with van der Waals surface area (Å²) in [6.07, 6.45) is 7.44. The quantitative estimate of drug-likeness (QED) is 0.848. The van der Waals surface area contributed by atoms with Crippen LogP contribution in [0.3, 0.4) is 0 Å². The van der Waals surface area contributed by atoms with E-state index >= 15 is 0 Å². The van der Waals surface area contributed by atoms with Gasteiger partial charge in [-0.2, -0.15) is 5.10 Å². The van der Waals surface area contributed by atoms with E-state index in [4.69, 9.17) is 5.10 Å². The summed E-state index contributed by atoms with van der Waals surface area (Å²) in [7, 11) is 0. The molecule has 1 fully saturated rings. The molecule has 0 radical (unpaired) electrons. The summed E-state index contributed by atoms with van der Waals surface area (Å²) >= 11 is 1.83. The minimum atomic E-state index is 0.418. The molecule has 1 N–H and O–H groups in total. The van der Waals surface area contributed by atoms with Gasteiger partial charge in [-0.3, -0.25) is 4.68 Å². The van der Waals surface area contributed by atoms with Crippen LogP contribution in [0.25, 0.3) is 0 Å². The fraction of sp³-hybridized carbons (Fsp3) is 0.588. The Morgan fingerprint density at radius 2 is 2.14 bits per heavy atom. The highest BCUT2D eigenvalue weighted by molar-refractivity contribution is 7.10. The lowest BCUT2D eigenvalue weighted by atomic mass is 10.0. The maximum absolute atomic E-state index is 4.76. The van der Waals surface area contributed by atoms with E-state index < -0.39 is 0 Å². The van der Waals surface area contributed by atoms with E-state index in [0.717, 1.165) is 12.2 Å². The molecule has 1 aliphatic carbocycles. The fourth-order valence-corrected chi connectivity index (χ4v) is 4.16. The molecule has 0 aliphatic heterocycles. The van der Waals surface area contributed by atoms with Gasteiger partial charge in [-0.1, -0.05) is 32.8 Å². The second kappa shape index (κ2) is 6.75. The Balaban J connectivity index is 1.61. The largest absolute Gasteiger partial charge is 0.303 e. The number of nitrogens with zero attached hydrogens (tertiary/aromatic N) is 2. The normalized spacial score (nSPS) is 17.7. The first-order valence-corrected chi connectivity index (χ1v) is 8.93. The molecule has 0 bridgehead atoms. The first-order valence-electron chi connectivity index (χ1n) is 8.05. The van der Waals surface area contributed by atoms with Gasteiger partial charge in [0.05, 0.1) is 11.7 Å². The number of aromatic nitrogens is 2. The van der Waals surface area contributed by atoms with Gasteiger partial charge in [0.15, 0.2) is 0 Å². The number of nitrogens with one attached hydrogen (secondary N) is 1. The van der Waals surface area contributed by atoms with E-state index in [1.807, 2.05) is 11.3 Å². The molecule has 1 atom stereocenters. The van der Waals surface area contributed by atoms with Crippen molar-refractivity contribution in [2.75, 3.05) is 0 Å². The van der Waals surface area contributed by atoms with Gasteiger partial charge in [0.25, 0.3) is 0 Å². The molecule has 0 aromatic carbocycles.